The molecule has 0 amide bonds. The molecule has 0 saturated carbocycles. The van der Waals surface area contributed by atoms with Gasteiger partial charge < -0.3 is 10.6 Å². The lowest BCUT2D eigenvalue weighted by atomic mass is 10.0. The van der Waals surface area contributed by atoms with Crippen molar-refractivity contribution in [3.05, 3.63) is 78.7 Å². The van der Waals surface area contributed by atoms with Crippen LogP contribution in [0.1, 0.15) is 84.1 Å². The summed E-state index contributed by atoms with van der Waals surface area (Å²) >= 11 is 0. The van der Waals surface area contributed by atoms with Crippen molar-refractivity contribution in [1.82, 2.24) is 5.32 Å². The molecule has 0 aliphatic carbocycles. The Morgan fingerprint density at radius 2 is 1.55 bits per heavy atom. The molecule has 2 nitrogen and oxygen atoms in total. The average molecular weight is 423 g/mol. The maximum absolute atomic E-state index is 4.19. The van der Waals surface area contributed by atoms with Gasteiger partial charge in [-0.1, -0.05) is 76.3 Å². The maximum atomic E-state index is 4.19. The Labute approximate surface area is 192 Å². The van der Waals surface area contributed by atoms with Crippen LogP contribution in [0.4, 0.5) is 5.69 Å². The van der Waals surface area contributed by atoms with E-state index in [1.165, 1.54) is 41.7 Å². The van der Waals surface area contributed by atoms with Crippen LogP contribution in [0.5, 0.6) is 0 Å². The number of hydrogen-bond donors (Lipinski definition) is 2. The standard InChI is InChI=1S/C29H46N2/c1-8-11-24(4)20-21-30-26(6)12-9-10-13-27(7)31-29-18-16-28(17-19-29)15-14-25(5)22-23(2)3/h16-19,24,30-31H,2,5-15,20-22H2,1,3-4H3. The van der Waals surface area contributed by atoms with E-state index in [9.17, 15) is 0 Å². The second-order valence-electron chi connectivity index (χ2n) is 9.23. The zero-order valence-corrected chi connectivity index (χ0v) is 20.5. The van der Waals surface area contributed by atoms with E-state index in [1.807, 2.05) is 0 Å². The van der Waals surface area contributed by atoms with Gasteiger partial charge in [-0.3, -0.25) is 0 Å². The Hall–Kier alpha value is -2.22. The van der Waals surface area contributed by atoms with Crippen LogP contribution in [-0.2, 0) is 6.42 Å². The van der Waals surface area contributed by atoms with E-state index in [1.54, 1.807) is 0 Å². The van der Waals surface area contributed by atoms with Gasteiger partial charge >= 0.3 is 0 Å². The first-order chi connectivity index (χ1) is 14.8. The summed E-state index contributed by atoms with van der Waals surface area (Å²) < 4.78 is 0. The van der Waals surface area contributed by atoms with Gasteiger partial charge in [0, 0.05) is 23.6 Å². The van der Waals surface area contributed by atoms with Crippen molar-refractivity contribution >= 4 is 5.69 Å². The van der Waals surface area contributed by atoms with Crippen LogP contribution in [0.3, 0.4) is 0 Å². The van der Waals surface area contributed by atoms with Crippen molar-refractivity contribution in [3.63, 3.8) is 0 Å². The Morgan fingerprint density at radius 3 is 2.16 bits per heavy atom. The molecule has 1 atom stereocenters. The fraction of sp³-hybridized carbons (Fsp3) is 0.517. The Morgan fingerprint density at radius 1 is 0.903 bits per heavy atom. The van der Waals surface area contributed by atoms with Gasteiger partial charge in [-0.25, -0.2) is 0 Å². The molecule has 0 bridgehead atoms. The van der Waals surface area contributed by atoms with E-state index in [0.29, 0.717) is 0 Å². The molecule has 0 radical (unpaired) electrons. The first kappa shape index (κ1) is 26.8. The fourth-order valence-corrected chi connectivity index (χ4v) is 3.76. The normalized spacial score (nSPS) is 11.6. The zero-order chi connectivity index (χ0) is 23.1. The second kappa shape index (κ2) is 15.6. The molecule has 2 heteroatoms. The predicted octanol–water partition coefficient (Wildman–Crippen LogP) is 8.56. The topological polar surface area (TPSA) is 24.1 Å². The summed E-state index contributed by atoms with van der Waals surface area (Å²) in [6.07, 6.45) is 11.1. The van der Waals surface area contributed by atoms with Gasteiger partial charge in [-0.05, 0) is 81.9 Å². The summed E-state index contributed by atoms with van der Waals surface area (Å²) in [5.74, 6) is 0.801. The van der Waals surface area contributed by atoms with Crippen LogP contribution in [-0.4, -0.2) is 6.54 Å². The largest absolute Gasteiger partial charge is 0.389 e. The molecule has 172 valence electrons. The number of unbranched alkanes of at least 4 members (excludes halogenated alkanes) is 1. The molecule has 1 aromatic carbocycles. The van der Waals surface area contributed by atoms with E-state index >= 15 is 0 Å². The van der Waals surface area contributed by atoms with Gasteiger partial charge in [0.15, 0.2) is 0 Å². The number of anilines is 1. The molecular formula is C29H46N2. The number of rotatable bonds is 18. The first-order valence-electron chi connectivity index (χ1n) is 12.1. The summed E-state index contributed by atoms with van der Waals surface area (Å²) in [5.41, 5.74) is 7.14. The lowest BCUT2D eigenvalue weighted by molar-refractivity contribution is 0.474. The minimum Gasteiger partial charge on any atom is -0.389 e. The SMILES string of the molecule is C=C(C)CC(=C)CCc1ccc(NC(=C)CCCCC(=C)NCCC(C)CCC)cc1. The van der Waals surface area contributed by atoms with Gasteiger partial charge in [0.05, 0.1) is 0 Å². The molecule has 0 spiro atoms. The summed E-state index contributed by atoms with van der Waals surface area (Å²) in [6, 6.07) is 8.68. The molecule has 1 aromatic rings. The molecule has 1 unspecified atom stereocenters. The Bertz CT molecular complexity index is 696. The molecule has 0 saturated heterocycles. The highest BCUT2D eigenvalue weighted by atomic mass is 14.9. The number of aryl methyl sites for hydroxylation is 1. The van der Waals surface area contributed by atoms with Gasteiger partial charge in [-0.15, -0.1) is 0 Å². The monoisotopic (exact) mass is 422 g/mol. The van der Waals surface area contributed by atoms with Gasteiger partial charge in [0.25, 0.3) is 0 Å². The lowest BCUT2D eigenvalue weighted by Crippen LogP contribution is -2.16. The first-order valence-corrected chi connectivity index (χ1v) is 12.1. The summed E-state index contributed by atoms with van der Waals surface area (Å²) in [6.45, 7) is 24.2. The van der Waals surface area contributed by atoms with Crippen molar-refractivity contribution < 1.29 is 0 Å². The molecule has 31 heavy (non-hydrogen) atoms. The number of hydrogen-bond acceptors (Lipinski definition) is 2. The van der Waals surface area contributed by atoms with E-state index in [-0.39, 0.29) is 0 Å². The molecule has 0 aliphatic rings. The van der Waals surface area contributed by atoms with Crippen molar-refractivity contribution in [2.45, 2.75) is 85.0 Å². The molecule has 2 N–H and O–H groups in total. The molecule has 0 fully saturated rings. The maximum Gasteiger partial charge on any atom is 0.0381 e. The van der Waals surface area contributed by atoms with Gasteiger partial charge in [0.1, 0.15) is 0 Å². The highest BCUT2D eigenvalue weighted by Crippen LogP contribution is 2.18. The number of allylic oxidation sites excluding steroid dienone is 4. The molecule has 0 aromatic heterocycles. The van der Waals surface area contributed by atoms with Crippen LogP contribution >= 0.6 is 0 Å². The van der Waals surface area contributed by atoms with Crippen LogP contribution in [0.15, 0.2) is 73.1 Å². The fourth-order valence-electron chi connectivity index (χ4n) is 3.76. The van der Waals surface area contributed by atoms with Crippen molar-refractivity contribution in [2.75, 3.05) is 11.9 Å². The summed E-state index contributed by atoms with van der Waals surface area (Å²) in [7, 11) is 0. The van der Waals surface area contributed by atoms with Crippen LogP contribution < -0.4 is 10.6 Å². The third-order valence-electron chi connectivity index (χ3n) is 5.59. The molecular weight excluding hydrogens is 376 g/mol. The van der Waals surface area contributed by atoms with Gasteiger partial charge in [-0.2, -0.15) is 0 Å². The summed E-state index contributed by atoms with van der Waals surface area (Å²) in [5, 5.41) is 6.93. The third-order valence-corrected chi connectivity index (χ3v) is 5.59. The predicted molar refractivity (Wildman–Crippen MR) is 140 cm³/mol. The van der Waals surface area contributed by atoms with Crippen molar-refractivity contribution in [1.29, 1.82) is 0 Å². The van der Waals surface area contributed by atoms with Crippen LogP contribution in [0.25, 0.3) is 0 Å². The van der Waals surface area contributed by atoms with E-state index in [0.717, 1.165) is 68.8 Å². The number of benzene rings is 1. The Balaban J connectivity index is 2.18. The zero-order valence-electron chi connectivity index (χ0n) is 20.5. The number of nitrogens with one attached hydrogen (secondary N) is 2. The van der Waals surface area contributed by atoms with Crippen molar-refractivity contribution in [2.24, 2.45) is 5.92 Å². The van der Waals surface area contributed by atoms with E-state index in [2.05, 4.69) is 82.0 Å². The van der Waals surface area contributed by atoms with E-state index < -0.39 is 0 Å². The van der Waals surface area contributed by atoms with Crippen LogP contribution in [0, 0.1) is 5.92 Å². The minimum absolute atomic E-state index is 0.801. The second-order valence-corrected chi connectivity index (χ2v) is 9.23. The minimum atomic E-state index is 0.801. The molecule has 1 rings (SSSR count). The summed E-state index contributed by atoms with van der Waals surface area (Å²) in [4.78, 5) is 0. The average Bonchev–Trinajstić information content (AvgIpc) is 2.70. The molecule has 0 heterocycles. The van der Waals surface area contributed by atoms with Crippen molar-refractivity contribution in [3.8, 4) is 0 Å². The highest BCUT2D eigenvalue weighted by molar-refractivity contribution is 5.48. The highest BCUT2D eigenvalue weighted by Gasteiger charge is 2.02. The van der Waals surface area contributed by atoms with Crippen LogP contribution in [0.2, 0.25) is 0 Å². The third kappa shape index (κ3) is 13.6. The van der Waals surface area contributed by atoms with E-state index in [4.69, 9.17) is 0 Å². The molecule has 0 aliphatic heterocycles. The Kier molecular flexibility index (Phi) is 13.5. The lowest BCUT2D eigenvalue weighted by Gasteiger charge is -2.14. The van der Waals surface area contributed by atoms with Gasteiger partial charge in [0.2, 0.25) is 0 Å². The quantitative estimate of drug-likeness (QED) is 0.183. The smallest absolute Gasteiger partial charge is 0.0381 e.